The Kier molecular flexibility index (Phi) is 4.96. The lowest BCUT2D eigenvalue weighted by molar-refractivity contribution is -0.120. The average molecular weight is 410 g/mol. The molecule has 0 aliphatic carbocycles. The summed E-state index contributed by atoms with van der Waals surface area (Å²) in [5.41, 5.74) is 5.03. The molecule has 3 heterocycles. The van der Waals surface area contributed by atoms with Crippen LogP contribution in [0.5, 0.6) is 0 Å². The number of H-pyrrole nitrogens is 2. The van der Waals surface area contributed by atoms with E-state index in [9.17, 15) is 9.59 Å². The second-order valence-electron chi connectivity index (χ2n) is 5.85. The van der Waals surface area contributed by atoms with Crippen molar-refractivity contribution in [2.75, 3.05) is 0 Å². The van der Waals surface area contributed by atoms with Gasteiger partial charge in [-0.2, -0.15) is 5.10 Å². The first-order chi connectivity index (χ1) is 13.6. The van der Waals surface area contributed by atoms with Crippen molar-refractivity contribution in [2.24, 2.45) is 5.10 Å². The van der Waals surface area contributed by atoms with E-state index in [0.717, 1.165) is 21.9 Å². The monoisotopic (exact) mass is 410 g/mol. The number of aromatic amines is 2. The molecule has 0 radical (unpaired) electrons. The molecule has 0 aliphatic heterocycles. The zero-order valence-electron chi connectivity index (χ0n) is 14.4. The fourth-order valence-electron chi connectivity index (χ4n) is 2.73. The molecule has 0 unspecified atom stereocenters. The number of rotatable bonds is 5. The van der Waals surface area contributed by atoms with Crippen molar-refractivity contribution in [2.45, 2.75) is 6.42 Å². The van der Waals surface area contributed by atoms with E-state index in [1.807, 2.05) is 46.3 Å². The summed E-state index contributed by atoms with van der Waals surface area (Å²) in [5.74, 6) is -0.375. The molecule has 140 valence electrons. The van der Waals surface area contributed by atoms with Gasteiger partial charge < -0.3 is 4.98 Å². The normalized spacial score (nSPS) is 11.3. The number of nitrogens with zero attached hydrogens (tertiary/aromatic N) is 3. The topological polar surface area (TPSA) is 107 Å². The summed E-state index contributed by atoms with van der Waals surface area (Å²) in [6.07, 6.45) is 3.42. The molecule has 4 aromatic rings. The Hall–Kier alpha value is -3.37. The highest BCUT2D eigenvalue weighted by Crippen LogP contribution is 2.25. The van der Waals surface area contributed by atoms with E-state index >= 15 is 0 Å². The van der Waals surface area contributed by atoms with Crippen LogP contribution in [0.3, 0.4) is 0 Å². The molecule has 28 heavy (non-hydrogen) atoms. The van der Waals surface area contributed by atoms with Crippen molar-refractivity contribution in [1.29, 1.82) is 0 Å². The minimum Gasteiger partial charge on any atom is -0.335 e. The first-order valence-electron chi connectivity index (χ1n) is 8.25. The first-order valence-corrected chi connectivity index (χ1v) is 9.54. The summed E-state index contributed by atoms with van der Waals surface area (Å²) >= 11 is 6.41. The second kappa shape index (κ2) is 7.71. The van der Waals surface area contributed by atoms with Gasteiger partial charge in [-0.1, -0.05) is 30.3 Å². The van der Waals surface area contributed by atoms with Crippen LogP contribution in [0.25, 0.3) is 16.2 Å². The Labute approximate surface area is 167 Å². The second-order valence-corrected chi connectivity index (χ2v) is 7.13. The smallest absolute Gasteiger partial charge is 0.251 e. The Morgan fingerprint density at radius 3 is 2.93 bits per heavy atom. The third-order valence-electron chi connectivity index (χ3n) is 3.89. The number of hydrogen-bond acceptors (Lipinski definition) is 6. The van der Waals surface area contributed by atoms with E-state index in [1.54, 1.807) is 6.21 Å². The molecule has 0 bridgehead atoms. The summed E-state index contributed by atoms with van der Waals surface area (Å²) in [7, 11) is 0. The maximum absolute atomic E-state index is 12.1. The minimum absolute atomic E-state index is 0.0449. The maximum atomic E-state index is 12.1. The SMILES string of the molecule is O=C(Cc1cc(=O)[nH]c(=S)[nH]1)N/N=C\c1c(-c2ccccc2)nc2sccn12. The molecule has 0 atom stereocenters. The number of benzene rings is 1. The molecule has 1 aromatic carbocycles. The van der Waals surface area contributed by atoms with E-state index in [1.165, 1.54) is 17.4 Å². The largest absolute Gasteiger partial charge is 0.335 e. The third kappa shape index (κ3) is 3.82. The highest BCUT2D eigenvalue weighted by molar-refractivity contribution is 7.71. The van der Waals surface area contributed by atoms with Gasteiger partial charge in [-0.25, -0.2) is 10.4 Å². The van der Waals surface area contributed by atoms with Gasteiger partial charge in [0.05, 0.1) is 24.0 Å². The van der Waals surface area contributed by atoms with Crippen LogP contribution in [0.2, 0.25) is 0 Å². The Bertz CT molecular complexity index is 1250. The van der Waals surface area contributed by atoms with Gasteiger partial charge in [-0.15, -0.1) is 11.3 Å². The van der Waals surface area contributed by atoms with Gasteiger partial charge in [0.2, 0.25) is 5.91 Å². The average Bonchev–Trinajstić information content (AvgIpc) is 3.24. The zero-order valence-corrected chi connectivity index (χ0v) is 16.0. The minimum atomic E-state index is -0.375. The van der Waals surface area contributed by atoms with Crippen LogP contribution in [-0.4, -0.2) is 31.5 Å². The van der Waals surface area contributed by atoms with E-state index in [4.69, 9.17) is 12.2 Å². The van der Waals surface area contributed by atoms with Crippen molar-refractivity contribution in [1.82, 2.24) is 24.8 Å². The number of nitrogens with one attached hydrogen (secondary N) is 3. The number of hydrogen-bond donors (Lipinski definition) is 3. The van der Waals surface area contributed by atoms with Crippen LogP contribution in [0.1, 0.15) is 11.4 Å². The van der Waals surface area contributed by atoms with E-state index in [-0.39, 0.29) is 22.7 Å². The lowest BCUT2D eigenvalue weighted by atomic mass is 10.1. The molecule has 8 nitrogen and oxygen atoms in total. The molecule has 3 aromatic heterocycles. The van der Waals surface area contributed by atoms with Gasteiger partial charge in [0.25, 0.3) is 5.56 Å². The highest BCUT2D eigenvalue weighted by atomic mass is 32.1. The van der Waals surface area contributed by atoms with Crippen LogP contribution in [0.4, 0.5) is 0 Å². The Morgan fingerprint density at radius 2 is 2.14 bits per heavy atom. The molecule has 10 heteroatoms. The van der Waals surface area contributed by atoms with E-state index in [0.29, 0.717) is 5.69 Å². The summed E-state index contributed by atoms with van der Waals surface area (Å²) in [6, 6.07) is 11.1. The number of carbonyl (C=O) groups excluding carboxylic acids is 1. The molecule has 0 spiro atoms. The van der Waals surface area contributed by atoms with Crippen molar-refractivity contribution in [3.8, 4) is 11.3 Å². The third-order valence-corrected chi connectivity index (χ3v) is 4.85. The van der Waals surface area contributed by atoms with Crippen molar-refractivity contribution in [3.63, 3.8) is 0 Å². The van der Waals surface area contributed by atoms with Crippen LogP contribution < -0.4 is 11.0 Å². The molecule has 3 N–H and O–H groups in total. The van der Waals surface area contributed by atoms with Gasteiger partial charge in [0.15, 0.2) is 9.73 Å². The van der Waals surface area contributed by atoms with E-state index < -0.39 is 0 Å². The number of fused-ring (bicyclic) bond motifs is 1. The fourth-order valence-corrected chi connectivity index (χ4v) is 3.68. The van der Waals surface area contributed by atoms with Crippen LogP contribution in [0.15, 0.2) is 57.9 Å². The fraction of sp³-hybridized carbons (Fsp3) is 0.0556. The lowest BCUT2D eigenvalue weighted by Crippen LogP contribution is -2.22. The predicted octanol–water partition coefficient (Wildman–Crippen LogP) is 2.50. The van der Waals surface area contributed by atoms with Crippen LogP contribution >= 0.6 is 23.6 Å². The zero-order chi connectivity index (χ0) is 19.5. The summed E-state index contributed by atoms with van der Waals surface area (Å²) in [4.78, 5) is 34.2. The molecule has 0 aliphatic rings. The van der Waals surface area contributed by atoms with Crippen molar-refractivity contribution < 1.29 is 4.79 Å². The van der Waals surface area contributed by atoms with E-state index in [2.05, 4.69) is 25.5 Å². The standard InChI is InChI=1S/C18H14N6O2S2/c25-14-8-12(20-17(27)21-14)9-15(26)23-19-10-13-16(11-4-2-1-3-5-11)22-18-24(13)6-7-28-18/h1-8,10H,9H2,(H,23,26)(H2,20,21,25,27)/b19-10-. The maximum Gasteiger partial charge on any atom is 0.251 e. The van der Waals surface area contributed by atoms with Gasteiger partial charge in [0, 0.05) is 28.9 Å². The molecule has 0 saturated heterocycles. The van der Waals surface area contributed by atoms with Crippen molar-refractivity contribution >= 4 is 40.6 Å². The predicted molar refractivity (Wildman–Crippen MR) is 110 cm³/mol. The van der Waals surface area contributed by atoms with Crippen LogP contribution in [0, 0.1) is 4.77 Å². The summed E-state index contributed by atoms with van der Waals surface area (Å²) in [6.45, 7) is 0. The summed E-state index contributed by atoms with van der Waals surface area (Å²) in [5, 5.41) is 6.00. The quantitative estimate of drug-likeness (QED) is 0.267. The number of amides is 1. The summed E-state index contributed by atoms with van der Waals surface area (Å²) < 4.78 is 2.09. The number of thiazole rings is 1. The first kappa shape index (κ1) is 18.0. The molecule has 0 saturated carbocycles. The number of hydrazone groups is 1. The van der Waals surface area contributed by atoms with Crippen molar-refractivity contribution in [3.05, 3.63) is 74.5 Å². The molecule has 1 amide bonds. The molecular weight excluding hydrogens is 396 g/mol. The molecule has 4 rings (SSSR count). The molecule has 0 fully saturated rings. The van der Waals surface area contributed by atoms with Gasteiger partial charge >= 0.3 is 0 Å². The number of carbonyl (C=O) groups is 1. The van der Waals surface area contributed by atoms with Gasteiger partial charge in [0.1, 0.15) is 0 Å². The number of imidazole rings is 1. The van der Waals surface area contributed by atoms with Gasteiger partial charge in [-0.05, 0) is 12.2 Å². The Morgan fingerprint density at radius 1 is 1.32 bits per heavy atom. The molecular formula is C18H14N6O2S2. The lowest BCUT2D eigenvalue weighted by Gasteiger charge is -2.01. The Balaban J connectivity index is 1.55. The highest BCUT2D eigenvalue weighted by Gasteiger charge is 2.13. The van der Waals surface area contributed by atoms with Gasteiger partial charge in [-0.3, -0.25) is 19.0 Å². The number of aromatic nitrogens is 4. The van der Waals surface area contributed by atoms with Crippen LogP contribution in [-0.2, 0) is 11.2 Å².